The van der Waals surface area contributed by atoms with Crippen LogP contribution in [0.4, 0.5) is 10.1 Å². The fourth-order valence-electron chi connectivity index (χ4n) is 1.77. The summed E-state index contributed by atoms with van der Waals surface area (Å²) in [6, 6.07) is 3.09. The van der Waals surface area contributed by atoms with E-state index >= 15 is 0 Å². The van der Waals surface area contributed by atoms with Gasteiger partial charge in [0.25, 0.3) is 0 Å². The Balaban J connectivity index is 3.34. The molecule has 0 aliphatic heterocycles. The van der Waals surface area contributed by atoms with Gasteiger partial charge in [0.1, 0.15) is 5.82 Å². The van der Waals surface area contributed by atoms with Crippen molar-refractivity contribution in [3.8, 4) is 0 Å². The first-order valence-electron chi connectivity index (χ1n) is 5.57. The summed E-state index contributed by atoms with van der Waals surface area (Å²) in [7, 11) is 0. The van der Waals surface area contributed by atoms with Crippen LogP contribution in [0.3, 0.4) is 0 Å². The molecule has 0 fully saturated rings. The van der Waals surface area contributed by atoms with Gasteiger partial charge in [-0.25, -0.2) is 4.39 Å². The summed E-state index contributed by atoms with van der Waals surface area (Å²) in [6.45, 7) is 8.84. The minimum Gasteiger partial charge on any atom is -0.371 e. The largest absolute Gasteiger partial charge is 0.371 e. The van der Waals surface area contributed by atoms with Crippen molar-refractivity contribution < 1.29 is 9.18 Å². The topological polar surface area (TPSA) is 20.3 Å². The molecule has 0 radical (unpaired) electrons. The van der Waals surface area contributed by atoms with E-state index in [9.17, 15) is 9.18 Å². The Bertz CT molecular complexity index is 397. The van der Waals surface area contributed by atoms with Crippen molar-refractivity contribution in [2.75, 3.05) is 18.0 Å². The van der Waals surface area contributed by atoms with Crippen molar-refractivity contribution in [3.63, 3.8) is 0 Å². The second-order valence-corrected chi connectivity index (χ2v) is 3.85. The van der Waals surface area contributed by atoms with Gasteiger partial charge in [-0.05, 0) is 45.4 Å². The number of halogens is 1. The van der Waals surface area contributed by atoms with Crippen LogP contribution in [-0.4, -0.2) is 18.9 Å². The van der Waals surface area contributed by atoms with Crippen LogP contribution in [0.1, 0.15) is 36.7 Å². The summed E-state index contributed by atoms with van der Waals surface area (Å²) in [6.07, 6.45) is 0. The normalized spacial score (nSPS) is 10.3. The molecule has 1 aromatic rings. The molecule has 88 valence electrons. The van der Waals surface area contributed by atoms with E-state index in [0.717, 1.165) is 18.8 Å². The fraction of sp³-hybridized carbons (Fsp3) is 0.462. The molecule has 0 heterocycles. The van der Waals surface area contributed by atoms with Crippen molar-refractivity contribution in [2.45, 2.75) is 27.7 Å². The molecule has 0 unspecified atom stereocenters. The average Bonchev–Trinajstić information content (AvgIpc) is 2.24. The van der Waals surface area contributed by atoms with Gasteiger partial charge in [-0.3, -0.25) is 4.79 Å². The van der Waals surface area contributed by atoms with Crippen molar-refractivity contribution in [1.29, 1.82) is 0 Å². The van der Waals surface area contributed by atoms with Gasteiger partial charge < -0.3 is 4.90 Å². The Morgan fingerprint density at radius 3 is 2.31 bits per heavy atom. The van der Waals surface area contributed by atoms with Crippen LogP contribution < -0.4 is 4.90 Å². The highest BCUT2D eigenvalue weighted by molar-refractivity contribution is 5.99. The maximum Gasteiger partial charge on any atom is 0.161 e. The summed E-state index contributed by atoms with van der Waals surface area (Å²) >= 11 is 0. The molecule has 0 saturated heterocycles. The molecule has 1 aromatic carbocycles. The lowest BCUT2D eigenvalue weighted by atomic mass is 10.0. The van der Waals surface area contributed by atoms with E-state index in [1.165, 1.54) is 13.0 Å². The van der Waals surface area contributed by atoms with E-state index in [0.29, 0.717) is 11.1 Å². The number of anilines is 1. The molecule has 2 nitrogen and oxygen atoms in total. The lowest BCUT2D eigenvalue weighted by Crippen LogP contribution is -2.24. The molecule has 3 heteroatoms. The molecule has 0 N–H and O–H groups in total. The second-order valence-electron chi connectivity index (χ2n) is 3.85. The maximum absolute atomic E-state index is 13.4. The Kier molecular flexibility index (Phi) is 4.05. The maximum atomic E-state index is 13.4. The number of hydrogen-bond donors (Lipinski definition) is 0. The van der Waals surface area contributed by atoms with Gasteiger partial charge in [0.2, 0.25) is 0 Å². The monoisotopic (exact) mass is 223 g/mol. The van der Waals surface area contributed by atoms with Gasteiger partial charge in [0.15, 0.2) is 5.78 Å². The lowest BCUT2D eigenvalue weighted by Gasteiger charge is -2.24. The Morgan fingerprint density at radius 1 is 1.31 bits per heavy atom. The third-order valence-electron chi connectivity index (χ3n) is 2.76. The van der Waals surface area contributed by atoms with Crippen molar-refractivity contribution >= 4 is 11.5 Å². The molecule has 0 atom stereocenters. The molecule has 0 spiro atoms. The van der Waals surface area contributed by atoms with Crippen molar-refractivity contribution in [3.05, 3.63) is 29.1 Å². The number of nitrogens with zero attached hydrogens (tertiary/aromatic N) is 1. The van der Waals surface area contributed by atoms with Gasteiger partial charge in [0.05, 0.1) is 0 Å². The van der Waals surface area contributed by atoms with Crippen LogP contribution in [0.5, 0.6) is 0 Å². The predicted octanol–water partition coefficient (Wildman–Crippen LogP) is 3.18. The molecular formula is C13H18FNO. The summed E-state index contributed by atoms with van der Waals surface area (Å²) in [5.41, 5.74) is 1.87. The highest BCUT2D eigenvalue weighted by atomic mass is 19.1. The van der Waals surface area contributed by atoms with Crippen molar-refractivity contribution in [1.82, 2.24) is 0 Å². The summed E-state index contributed by atoms with van der Waals surface area (Å²) in [4.78, 5) is 13.5. The highest BCUT2D eigenvalue weighted by Crippen LogP contribution is 2.24. The molecule has 0 saturated carbocycles. The predicted molar refractivity (Wildman–Crippen MR) is 64.7 cm³/mol. The quantitative estimate of drug-likeness (QED) is 0.731. The molecule has 0 aromatic heterocycles. The minimum absolute atomic E-state index is 0.0965. The molecule has 0 aliphatic carbocycles. The van der Waals surface area contributed by atoms with E-state index in [1.807, 2.05) is 13.8 Å². The van der Waals surface area contributed by atoms with Crippen LogP contribution in [0.15, 0.2) is 12.1 Å². The molecule has 0 amide bonds. The number of Topliss-reactive ketones (excluding diaryl/α,β-unsaturated/α-hetero) is 1. The zero-order valence-electron chi connectivity index (χ0n) is 10.3. The number of ketones is 1. The number of carbonyl (C=O) groups excluding carboxylic acids is 1. The van der Waals surface area contributed by atoms with Crippen LogP contribution in [-0.2, 0) is 0 Å². The summed E-state index contributed by atoms with van der Waals surface area (Å²) < 4.78 is 13.4. The number of rotatable bonds is 4. The molecule has 0 aliphatic rings. The van der Waals surface area contributed by atoms with E-state index in [2.05, 4.69) is 4.90 Å². The zero-order valence-corrected chi connectivity index (χ0v) is 10.3. The SMILES string of the molecule is CCN(CC)c1cc(C)c(F)cc1C(C)=O. The van der Waals surface area contributed by atoms with Crippen LogP contribution in [0, 0.1) is 12.7 Å². The smallest absolute Gasteiger partial charge is 0.161 e. The Morgan fingerprint density at radius 2 is 1.88 bits per heavy atom. The average molecular weight is 223 g/mol. The third-order valence-corrected chi connectivity index (χ3v) is 2.76. The van der Waals surface area contributed by atoms with E-state index < -0.39 is 0 Å². The minimum atomic E-state index is -0.318. The van der Waals surface area contributed by atoms with Gasteiger partial charge in [-0.15, -0.1) is 0 Å². The van der Waals surface area contributed by atoms with Crippen molar-refractivity contribution in [2.24, 2.45) is 0 Å². The number of carbonyl (C=O) groups is 1. The third kappa shape index (κ3) is 2.40. The molecule has 16 heavy (non-hydrogen) atoms. The zero-order chi connectivity index (χ0) is 12.3. The number of benzene rings is 1. The van der Waals surface area contributed by atoms with Crippen LogP contribution in [0.25, 0.3) is 0 Å². The van der Waals surface area contributed by atoms with Crippen LogP contribution in [0.2, 0.25) is 0 Å². The van der Waals surface area contributed by atoms with Gasteiger partial charge >= 0.3 is 0 Å². The summed E-state index contributed by atoms with van der Waals surface area (Å²) in [5.74, 6) is -0.415. The highest BCUT2D eigenvalue weighted by Gasteiger charge is 2.14. The van der Waals surface area contributed by atoms with E-state index in [1.54, 1.807) is 13.0 Å². The van der Waals surface area contributed by atoms with Crippen LogP contribution >= 0.6 is 0 Å². The summed E-state index contributed by atoms with van der Waals surface area (Å²) in [5, 5.41) is 0. The fourth-order valence-corrected chi connectivity index (χ4v) is 1.77. The second kappa shape index (κ2) is 5.10. The van der Waals surface area contributed by atoms with Gasteiger partial charge in [0, 0.05) is 24.3 Å². The van der Waals surface area contributed by atoms with E-state index in [-0.39, 0.29) is 11.6 Å². The molecule has 0 bridgehead atoms. The Labute approximate surface area is 96.1 Å². The lowest BCUT2D eigenvalue weighted by molar-refractivity contribution is 0.101. The van der Waals surface area contributed by atoms with Gasteiger partial charge in [-0.2, -0.15) is 0 Å². The van der Waals surface area contributed by atoms with E-state index in [4.69, 9.17) is 0 Å². The first kappa shape index (κ1) is 12.7. The standard InChI is InChI=1S/C13H18FNO/c1-5-15(6-2)13-7-9(3)12(14)8-11(13)10(4)16/h7-8H,5-6H2,1-4H3. The first-order chi connectivity index (χ1) is 7.51. The number of hydrogen-bond acceptors (Lipinski definition) is 2. The molecule has 1 rings (SSSR count). The molecular weight excluding hydrogens is 205 g/mol. The number of aryl methyl sites for hydroxylation is 1. The Hall–Kier alpha value is -1.38. The first-order valence-corrected chi connectivity index (χ1v) is 5.57. The van der Waals surface area contributed by atoms with Gasteiger partial charge in [-0.1, -0.05) is 0 Å².